The summed E-state index contributed by atoms with van der Waals surface area (Å²) in [6.07, 6.45) is 14.9. The van der Waals surface area contributed by atoms with Gasteiger partial charge in [-0.1, -0.05) is 49.6 Å². The molecule has 2 nitrogen and oxygen atoms in total. The van der Waals surface area contributed by atoms with E-state index < -0.39 is 0 Å². The maximum atomic E-state index is 13.6. The van der Waals surface area contributed by atoms with Crippen LogP contribution < -0.4 is 5.32 Å². The standard InChI is InChI=1S/C26H38FNO.H2/c27-12-11-24-13-21-14-25(16-24,19-29-20-28-23-9-5-2-6-10-23)18-26(15-21,17-24)22-7-3-1-4-8-22;/h1,3-4,7-8,21,23,28H,2,5-6,9-20H2;1H/t21?,24-,25?,26+;/m0./s1. The number of hydrogen-bond acceptors (Lipinski definition) is 2. The van der Waals surface area contributed by atoms with Gasteiger partial charge in [-0.25, -0.2) is 0 Å². The van der Waals surface area contributed by atoms with E-state index in [1.165, 1.54) is 76.2 Å². The number of halogens is 1. The van der Waals surface area contributed by atoms with Crippen LogP contribution in [-0.2, 0) is 10.2 Å². The highest BCUT2D eigenvalue weighted by atomic mass is 19.1. The van der Waals surface area contributed by atoms with Gasteiger partial charge in [-0.15, -0.1) is 0 Å². The molecule has 5 saturated carbocycles. The summed E-state index contributed by atoms with van der Waals surface area (Å²) in [6, 6.07) is 11.8. The second kappa shape index (κ2) is 7.96. The van der Waals surface area contributed by atoms with E-state index in [0.717, 1.165) is 18.9 Å². The molecule has 6 rings (SSSR count). The second-order valence-electron chi connectivity index (χ2n) is 11.1. The summed E-state index contributed by atoms with van der Waals surface area (Å²) in [4.78, 5) is 0. The van der Waals surface area contributed by atoms with Crippen LogP contribution >= 0.6 is 0 Å². The number of benzene rings is 1. The molecule has 5 fully saturated rings. The van der Waals surface area contributed by atoms with Crippen molar-refractivity contribution in [3.8, 4) is 0 Å². The molecule has 0 spiro atoms. The highest BCUT2D eigenvalue weighted by molar-refractivity contribution is 5.31. The molecule has 2 unspecified atom stereocenters. The van der Waals surface area contributed by atoms with Crippen LogP contribution in [0.4, 0.5) is 4.39 Å². The Labute approximate surface area is 177 Å². The molecule has 3 heteroatoms. The molecule has 4 atom stereocenters. The van der Waals surface area contributed by atoms with Crippen LogP contribution in [0, 0.1) is 16.7 Å². The van der Waals surface area contributed by atoms with Crippen LogP contribution in [0.1, 0.15) is 84.0 Å². The van der Waals surface area contributed by atoms with E-state index in [-0.39, 0.29) is 24.3 Å². The first-order chi connectivity index (χ1) is 14.2. The third-order valence-electron chi connectivity index (χ3n) is 8.80. The molecule has 29 heavy (non-hydrogen) atoms. The van der Waals surface area contributed by atoms with Crippen molar-refractivity contribution in [3.05, 3.63) is 35.9 Å². The Hall–Kier alpha value is -0.930. The van der Waals surface area contributed by atoms with Crippen LogP contribution in [0.15, 0.2) is 30.3 Å². The molecular weight excluding hydrogens is 361 g/mol. The van der Waals surface area contributed by atoms with Gasteiger partial charge in [0, 0.05) is 7.47 Å². The fourth-order valence-electron chi connectivity index (χ4n) is 8.35. The molecule has 0 aromatic heterocycles. The lowest BCUT2D eigenvalue weighted by atomic mass is 9.38. The van der Waals surface area contributed by atoms with Crippen molar-refractivity contribution in [2.45, 2.75) is 88.5 Å². The predicted molar refractivity (Wildman–Crippen MR) is 118 cm³/mol. The SMILES string of the molecule is FCC[C@]12CC3CC(COCNC4CCCCC4)(C1)C[C@@](c1ccccc1)(C3)C2.[HH]. The highest BCUT2D eigenvalue weighted by Crippen LogP contribution is 2.71. The smallest absolute Gasteiger partial charge is 0.0967 e. The molecule has 0 saturated heterocycles. The second-order valence-corrected chi connectivity index (χ2v) is 11.1. The first kappa shape index (κ1) is 20.0. The molecule has 5 aliphatic carbocycles. The average Bonchev–Trinajstić information content (AvgIpc) is 2.72. The normalized spacial score (nSPS) is 39.1. The Morgan fingerprint density at radius 3 is 2.52 bits per heavy atom. The molecule has 0 amide bonds. The van der Waals surface area contributed by atoms with Gasteiger partial charge in [0.15, 0.2) is 0 Å². The minimum Gasteiger partial charge on any atom is -0.366 e. The van der Waals surface area contributed by atoms with Crippen molar-refractivity contribution >= 4 is 0 Å². The Kier molecular flexibility index (Phi) is 5.49. The van der Waals surface area contributed by atoms with E-state index in [1.54, 1.807) is 0 Å². The fourth-order valence-corrected chi connectivity index (χ4v) is 8.35. The molecule has 1 N–H and O–H groups in total. The third kappa shape index (κ3) is 3.90. The van der Waals surface area contributed by atoms with Crippen LogP contribution in [-0.4, -0.2) is 26.1 Å². The summed E-state index contributed by atoms with van der Waals surface area (Å²) in [5.41, 5.74) is 2.19. The maximum absolute atomic E-state index is 13.6. The zero-order valence-corrected chi connectivity index (χ0v) is 17.9. The van der Waals surface area contributed by atoms with Crippen molar-refractivity contribution in [2.75, 3.05) is 20.0 Å². The Morgan fingerprint density at radius 1 is 0.966 bits per heavy atom. The quantitative estimate of drug-likeness (QED) is 0.402. The fraction of sp³-hybridized carbons (Fsp3) is 0.769. The first-order valence-corrected chi connectivity index (χ1v) is 12.1. The van der Waals surface area contributed by atoms with E-state index >= 15 is 0 Å². The van der Waals surface area contributed by atoms with Gasteiger partial charge >= 0.3 is 0 Å². The van der Waals surface area contributed by atoms with E-state index in [1.807, 2.05) is 0 Å². The van der Waals surface area contributed by atoms with E-state index in [0.29, 0.717) is 12.8 Å². The summed E-state index contributed by atoms with van der Waals surface area (Å²) >= 11 is 0. The Bertz CT molecular complexity index is 696. The van der Waals surface area contributed by atoms with E-state index in [4.69, 9.17) is 4.74 Å². The molecule has 4 bridgehead atoms. The van der Waals surface area contributed by atoms with Gasteiger partial charge in [-0.2, -0.15) is 0 Å². The van der Waals surface area contributed by atoms with E-state index in [9.17, 15) is 4.39 Å². The number of hydrogen-bond donors (Lipinski definition) is 1. The lowest BCUT2D eigenvalue weighted by molar-refractivity contribution is -0.157. The first-order valence-electron chi connectivity index (χ1n) is 12.1. The Morgan fingerprint density at radius 2 is 1.72 bits per heavy atom. The van der Waals surface area contributed by atoms with Crippen LogP contribution in [0.3, 0.4) is 0 Å². The van der Waals surface area contributed by atoms with Crippen molar-refractivity contribution in [2.24, 2.45) is 16.7 Å². The molecule has 0 heterocycles. The summed E-state index contributed by atoms with van der Waals surface area (Å²) in [7, 11) is 0. The van der Waals surface area contributed by atoms with Gasteiger partial charge in [-0.3, -0.25) is 9.71 Å². The van der Waals surface area contributed by atoms with Gasteiger partial charge in [0.2, 0.25) is 0 Å². The third-order valence-corrected chi connectivity index (χ3v) is 8.80. The molecule has 0 aliphatic heterocycles. The number of nitrogens with one attached hydrogen (secondary N) is 1. The number of alkyl halides is 1. The predicted octanol–water partition coefficient (Wildman–Crippen LogP) is 6.40. The van der Waals surface area contributed by atoms with Gasteiger partial charge in [0.1, 0.15) is 0 Å². The molecule has 1 aromatic carbocycles. The summed E-state index contributed by atoms with van der Waals surface area (Å²) < 4.78 is 19.9. The number of ether oxygens (including phenoxy) is 1. The molecule has 0 radical (unpaired) electrons. The van der Waals surface area contributed by atoms with Gasteiger partial charge in [-0.05, 0) is 85.5 Å². The molecule has 5 aliphatic rings. The van der Waals surface area contributed by atoms with Crippen molar-refractivity contribution < 1.29 is 10.6 Å². The zero-order chi connectivity index (χ0) is 19.8. The molecule has 1 aromatic rings. The lowest BCUT2D eigenvalue weighted by Gasteiger charge is -2.67. The van der Waals surface area contributed by atoms with Crippen LogP contribution in [0.5, 0.6) is 0 Å². The number of rotatable bonds is 8. The highest BCUT2D eigenvalue weighted by Gasteiger charge is 2.63. The minimum absolute atomic E-state index is 0. The lowest BCUT2D eigenvalue weighted by Crippen LogP contribution is -2.60. The van der Waals surface area contributed by atoms with Gasteiger partial charge in [0.05, 0.1) is 20.0 Å². The van der Waals surface area contributed by atoms with Crippen LogP contribution in [0.25, 0.3) is 0 Å². The minimum atomic E-state index is -0.169. The summed E-state index contributed by atoms with van der Waals surface area (Å²) in [6.45, 7) is 1.37. The van der Waals surface area contributed by atoms with Crippen molar-refractivity contribution in [1.29, 1.82) is 0 Å². The summed E-state index contributed by atoms with van der Waals surface area (Å²) in [5.74, 6) is 0.743. The van der Waals surface area contributed by atoms with Crippen molar-refractivity contribution in [3.63, 3.8) is 0 Å². The topological polar surface area (TPSA) is 21.3 Å². The molecule has 162 valence electrons. The largest absolute Gasteiger partial charge is 0.366 e. The Balaban J connectivity index is 0.00000218. The average molecular weight is 402 g/mol. The van der Waals surface area contributed by atoms with Crippen molar-refractivity contribution in [1.82, 2.24) is 5.32 Å². The monoisotopic (exact) mass is 401 g/mol. The van der Waals surface area contributed by atoms with Gasteiger partial charge < -0.3 is 4.74 Å². The van der Waals surface area contributed by atoms with Gasteiger partial charge in [0.25, 0.3) is 0 Å². The zero-order valence-electron chi connectivity index (χ0n) is 17.9. The summed E-state index contributed by atoms with van der Waals surface area (Å²) in [5, 5.41) is 3.65. The maximum Gasteiger partial charge on any atom is 0.0967 e. The van der Waals surface area contributed by atoms with Crippen LogP contribution in [0.2, 0.25) is 0 Å². The van der Waals surface area contributed by atoms with E-state index in [2.05, 4.69) is 35.6 Å². The molecular formula is C26H40FNO.